The lowest BCUT2D eigenvalue weighted by atomic mass is 9.80. The average Bonchev–Trinajstić information content (AvgIpc) is 3.45. The summed E-state index contributed by atoms with van der Waals surface area (Å²) in [6, 6.07) is 6.27. The van der Waals surface area contributed by atoms with Crippen molar-refractivity contribution in [3.63, 3.8) is 0 Å². The number of imidazole rings is 1. The molecule has 1 aliphatic heterocycles. The van der Waals surface area contributed by atoms with Gasteiger partial charge in [-0.3, -0.25) is 0 Å². The van der Waals surface area contributed by atoms with Crippen molar-refractivity contribution in [2.75, 3.05) is 11.4 Å². The first-order valence-electron chi connectivity index (χ1n) is 10.3. The van der Waals surface area contributed by atoms with E-state index in [1.54, 1.807) is 6.33 Å². The van der Waals surface area contributed by atoms with Gasteiger partial charge < -0.3 is 14.3 Å². The molecule has 6 rings (SSSR count). The predicted octanol–water partition coefficient (Wildman–Crippen LogP) is 3.34. The van der Waals surface area contributed by atoms with Crippen LogP contribution in [0.3, 0.4) is 0 Å². The Hall–Kier alpha value is -3.23. The van der Waals surface area contributed by atoms with Crippen LogP contribution in [0.1, 0.15) is 53.8 Å². The molecule has 30 heavy (non-hydrogen) atoms. The summed E-state index contributed by atoms with van der Waals surface area (Å²) in [4.78, 5) is 9.84. The number of fused-ring (bicyclic) bond motifs is 2. The van der Waals surface area contributed by atoms with Crippen molar-refractivity contribution in [1.29, 1.82) is 0 Å². The van der Waals surface area contributed by atoms with Crippen molar-refractivity contribution < 1.29 is 8.81 Å². The Morgan fingerprint density at radius 2 is 2.23 bits per heavy atom. The summed E-state index contributed by atoms with van der Waals surface area (Å²) in [5.41, 5.74) is 3.85. The first-order valence-corrected chi connectivity index (χ1v) is 10.3. The Labute approximate surface area is 172 Å². The second-order valence-electron chi connectivity index (χ2n) is 8.36. The van der Waals surface area contributed by atoms with E-state index in [4.69, 9.17) is 9.52 Å². The Kier molecular flexibility index (Phi) is 3.75. The van der Waals surface area contributed by atoms with Gasteiger partial charge in [-0.1, -0.05) is 11.2 Å². The maximum atomic E-state index is 14.5. The number of rotatable bonds is 4. The molecule has 154 valence electrons. The molecule has 0 amide bonds. The van der Waals surface area contributed by atoms with Crippen LogP contribution in [-0.4, -0.2) is 42.0 Å². The van der Waals surface area contributed by atoms with Crippen molar-refractivity contribution in [2.45, 2.75) is 50.7 Å². The normalized spacial score (nSPS) is 20.3. The largest absolute Gasteiger partial charge is 0.408 e. The first-order chi connectivity index (χ1) is 14.6. The number of pyridine rings is 1. The second-order valence-corrected chi connectivity index (χ2v) is 8.36. The topological polar surface area (TPSA) is 88.1 Å². The third kappa shape index (κ3) is 2.72. The molecular weight excluding hydrogens is 385 g/mol. The molecule has 0 unspecified atom stereocenters. The molecule has 1 N–H and O–H groups in total. The minimum absolute atomic E-state index is 0.180. The van der Waals surface area contributed by atoms with Gasteiger partial charge in [0.1, 0.15) is 11.7 Å². The van der Waals surface area contributed by atoms with Crippen molar-refractivity contribution in [1.82, 2.24) is 29.8 Å². The number of nitrogens with one attached hydrogen (secondary N) is 1. The van der Waals surface area contributed by atoms with Crippen molar-refractivity contribution in [3.05, 3.63) is 59.3 Å². The molecule has 1 atom stereocenters. The molecule has 0 aromatic carbocycles. The molecule has 9 heteroatoms. The van der Waals surface area contributed by atoms with Crippen LogP contribution in [0.5, 0.6) is 0 Å². The molecule has 5 heterocycles. The predicted molar refractivity (Wildman–Crippen MR) is 107 cm³/mol. The van der Waals surface area contributed by atoms with Gasteiger partial charge in [0, 0.05) is 24.9 Å². The molecule has 8 nitrogen and oxygen atoms in total. The van der Waals surface area contributed by atoms with Crippen molar-refractivity contribution >= 4 is 11.5 Å². The van der Waals surface area contributed by atoms with Crippen LogP contribution in [0.2, 0.25) is 0 Å². The molecule has 4 aromatic heterocycles. The number of alkyl halides is 1. The Balaban J connectivity index is 1.40. The number of aromatic amines is 1. The van der Waals surface area contributed by atoms with E-state index in [2.05, 4.69) is 39.2 Å². The number of aromatic nitrogens is 6. The third-order valence-corrected chi connectivity index (χ3v) is 6.36. The summed E-state index contributed by atoms with van der Waals surface area (Å²) < 4.78 is 22.3. The van der Waals surface area contributed by atoms with E-state index in [0.717, 1.165) is 41.0 Å². The minimum atomic E-state index is -1.19. The maximum absolute atomic E-state index is 14.5. The third-order valence-electron chi connectivity index (χ3n) is 6.36. The summed E-state index contributed by atoms with van der Waals surface area (Å²) in [5, 5.41) is 13.2. The van der Waals surface area contributed by atoms with Crippen LogP contribution < -0.4 is 4.90 Å². The Bertz CT molecular complexity index is 1220. The molecule has 0 bridgehead atoms. The number of nitrogens with zero attached hydrogens (tertiary/aromatic N) is 6. The highest BCUT2D eigenvalue weighted by atomic mass is 19.1. The SMILES string of the molecule is Cc1cccn2nc([C@@H]3c4nc[nH]c4CCN3c3nnc(CC4(F)CCC4)o3)cc12. The molecule has 1 aliphatic carbocycles. The summed E-state index contributed by atoms with van der Waals surface area (Å²) in [7, 11) is 0. The van der Waals surface area contributed by atoms with Crippen molar-refractivity contribution in [2.24, 2.45) is 0 Å². The van der Waals surface area contributed by atoms with Gasteiger partial charge in [-0.2, -0.15) is 5.10 Å². The maximum Gasteiger partial charge on any atom is 0.319 e. The fourth-order valence-corrected chi connectivity index (χ4v) is 4.53. The van der Waals surface area contributed by atoms with E-state index in [-0.39, 0.29) is 12.5 Å². The minimum Gasteiger partial charge on any atom is -0.408 e. The zero-order valence-corrected chi connectivity index (χ0v) is 16.7. The van der Waals surface area contributed by atoms with Crippen molar-refractivity contribution in [3.8, 4) is 0 Å². The lowest BCUT2D eigenvalue weighted by Crippen LogP contribution is -2.37. The zero-order chi connectivity index (χ0) is 20.3. The van der Waals surface area contributed by atoms with Crippen LogP contribution in [0.4, 0.5) is 10.4 Å². The lowest BCUT2D eigenvalue weighted by molar-refractivity contribution is 0.0569. The van der Waals surface area contributed by atoms with Crippen LogP contribution >= 0.6 is 0 Å². The molecule has 2 aliphatic rings. The lowest BCUT2D eigenvalue weighted by Gasteiger charge is -2.33. The van der Waals surface area contributed by atoms with E-state index >= 15 is 0 Å². The molecule has 1 fully saturated rings. The molecule has 0 radical (unpaired) electrons. The summed E-state index contributed by atoms with van der Waals surface area (Å²) in [5.74, 6) is 0.352. The highest BCUT2D eigenvalue weighted by molar-refractivity contribution is 5.56. The highest BCUT2D eigenvalue weighted by Gasteiger charge is 2.40. The van der Waals surface area contributed by atoms with Crippen LogP contribution in [0.15, 0.2) is 35.1 Å². The summed E-state index contributed by atoms with van der Waals surface area (Å²) in [6.07, 6.45) is 6.66. The van der Waals surface area contributed by atoms with E-state index < -0.39 is 5.67 Å². The molecular formula is C21H22FN7O. The standard InChI is InChI=1S/C21H22FN7O/c1-13-4-2-8-29-16(13)10-15(27-29)19-18-14(23-12-24-18)5-9-28(19)20-26-25-17(30-20)11-21(22)6-3-7-21/h2,4,8,10,12,19H,3,5-7,9,11H2,1H3,(H,23,24)/t19-/m1/s1. The molecule has 4 aromatic rings. The number of hydrogen-bond donors (Lipinski definition) is 1. The Morgan fingerprint density at radius 1 is 1.33 bits per heavy atom. The van der Waals surface area contributed by atoms with E-state index in [0.29, 0.717) is 31.3 Å². The van der Waals surface area contributed by atoms with Gasteiger partial charge in [0.2, 0.25) is 5.89 Å². The zero-order valence-electron chi connectivity index (χ0n) is 16.7. The highest BCUT2D eigenvalue weighted by Crippen LogP contribution is 2.40. The van der Waals surface area contributed by atoms with Gasteiger partial charge in [0.25, 0.3) is 0 Å². The fraction of sp³-hybridized carbons (Fsp3) is 0.429. The number of anilines is 1. The smallest absolute Gasteiger partial charge is 0.319 e. The summed E-state index contributed by atoms with van der Waals surface area (Å²) >= 11 is 0. The number of H-pyrrole nitrogens is 1. The quantitative estimate of drug-likeness (QED) is 0.558. The van der Waals surface area contributed by atoms with E-state index in [9.17, 15) is 4.39 Å². The number of hydrogen-bond acceptors (Lipinski definition) is 6. The summed E-state index contributed by atoms with van der Waals surface area (Å²) in [6.45, 7) is 2.74. The average molecular weight is 407 g/mol. The monoisotopic (exact) mass is 407 g/mol. The van der Waals surface area contributed by atoms with E-state index in [1.807, 2.05) is 21.7 Å². The van der Waals surface area contributed by atoms with Crippen LogP contribution in [-0.2, 0) is 12.8 Å². The van der Waals surface area contributed by atoms with Gasteiger partial charge in [-0.05, 0) is 43.9 Å². The van der Waals surface area contributed by atoms with Gasteiger partial charge in [0.15, 0.2) is 0 Å². The number of halogens is 1. The Morgan fingerprint density at radius 3 is 3.03 bits per heavy atom. The molecule has 0 saturated heterocycles. The van der Waals surface area contributed by atoms with Gasteiger partial charge in [-0.25, -0.2) is 13.9 Å². The van der Waals surface area contributed by atoms with Crippen LogP contribution in [0.25, 0.3) is 5.52 Å². The van der Waals surface area contributed by atoms with Gasteiger partial charge >= 0.3 is 6.01 Å². The fourth-order valence-electron chi connectivity index (χ4n) is 4.53. The second kappa shape index (κ2) is 6.38. The molecule has 1 saturated carbocycles. The van der Waals surface area contributed by atoms with Gasteiger partial charge in [0.05, 0.1) is 29.7 Å². The van der Waals surface area contributed by atoms with Gasteiger partial charge in [-0.15, -0.1) is 5.10 Å². The molecule has 0 spiro atoms. The van der Waals surface area contributed by atoms with Crippen LogP contribution in [0, 0.1) is 6.92 Å². The number of aryl methyl sites for hydroxylation is 1. The van der Waals surface area contributed by atoms with E-state index in [1.165, 1.54) is 0 Å². The first kappa shape index (κ1) is 17.6.